The van der Waals surface area contributed by atoms with Gasteiger partial charge in [-0.1, -0.05) is 121 Å². The standard InChI is InChI=1S/C22H29N3O3S.C18H20N4OS.C12H14N2S.C9H6BrNS/c1-15(2)25(20-23-18(14-29-20)16-9-7-6-8-10-16)19(26)17-11-12-24(13-17)21(27)28-22(3,4)5;1-13(2)22(17(23)15-8-9-21(10-15)12-19)18-20-16(11-24-18)14-6-4-3-5-7-14;1-9(2)13-12-14-11(8-15-12)10-6-4-3-5-7-10;10-9-11-8(6-12-9)7-4-2-1-3-5-7/h6-10,14-15,17H,11-13H2,1-5H3;3-7,11,13,15H,8-10H2,1-2H3;3-9H,1-2H3,(H,13,14);1-6H. The maximum Gasteiger partial charge on any atom is 0.410 e. The van der Waals surface area contributed by atoms with Crippen LogP contribution in [-0.4, -0.2) is 97.5 Å². The summed E-state index contributed by atoms with van der Waals surface area (Å²) in [6, 6.07) is 40.7. The molecule has 0 aliphatic carbocycles. The summed E-state index contributed by atoms with van der Waals surface area (Å²) in [7, 11) is 0. The molecule has 2 atom stereocenters. The largest absolute Gasteiger partial charge is 0.444 e. The van der Waals surface area contributed by atoms with E-state index in [1.807, 2.05) is 162 Å². The van der Waals surface area contributed by atoms with E-state index in [0.29, 0.717) is 43.8 Å². The summed E-state index contributed by atoms with van der Waals surface area (Å²) < 4.78 is 6.38. The highest BCUT2D eigenvalue weighted by Crippen LogP contribution is 2.34. The number of nitrogens with one attached hydrogen (secondary N) is 1. The average molecular weight is 1210 g/mol. The first-order valence-corrected chi connectivity index (χ1v) is 30.9. The first kappa shape index (κ1) is 60.8. The molecule has 19 heteroatoms. The summed E-state index contributed by atoms with van der Waals surface area (Å²) in [6.45, 7) is 19.8. The number of hydrogen-bond acceptors (Lipinski definition) is 15. The third-order valence-corrected chi connectivity index (χ3v) is 16.3. The Bertz CT molecular complexity index is 3250. The average Bonchev–Trinajstić information content (AvgIpc) is 4.33. The van der Waals surface area contributed by atoms with Gasteiger partial charge in [-0.25, -0.2) is 24.7 Å². The number of nitriles is 1. The lowest BCUT2D eigenvalue weighted by Crippen LogP contribution is -2.42. The number of nitrogens with zero attached hydrogens (tertiary/aromatic N) is 9. The Morgan fingerprint density at radius 2 is 1.00 bits per heavy atom. The van der Waals surface area contributed by atoms with E-state index in [-0.39, 0.29) is 41.8 Å². The molecule has 6 heterocycles. The maximum atomic E-state index is 13.3. The summed E-state index contributed by atoms with van der Waals surface area (Å²) in [4.78, 5) is 63.6. The topological polar surface area (TPSA) is 161 Å². The van der Waals surface area contributed by atoms with Crippen molar-refractivity contribution in [1.82, 2.24) is 29.7 Å². The molecule has 418 valence electrons. The second kappa shape index (κ2) is 29.1. The number of carbonyl (C=O) groups excluding carboxylic acids is 3. The van der Waals surface area contributed by atoms with Crippen LogP contribution in [0.1, 0.15) is 75.2 Å². The number of rotatable bonds is 12. The van der Waals surface area contributed by atoms with Crippen LogP contribution in [0.5, 0.6) is 0 Å². The molecule has 8 aromatic rings. The van der Waals surface area contributed by atoms with Crippen molar-refractivity contribution in [2.24, 2.45) is 11.8 Å². The third-order valence-electron chi connectivity index (χ3n) is 12.4. The van der Waals surface area contributed by atoms with Gasteiger partial charge >= 0.3 is 6.09 Å². The Hall–Kier alpha value is -6.82. The SMILES string of the molecule is Brc1nc(-c2ccccc2)cs1.CC(C)N(C(=O)C1CCN(C#N)C1)c1nc(-c2ccccc2)cs1.CC(C)N(C(=O)C1CCN(C(=O)OC(C)(C)C)C1)c1nc(-c2ccccc2)cs1.CC(C)Nc1nc(-c2ccccc2)cs1. The quantitative estimate of drug-likeness (QED) is 0.116. The van der Waals surface area contributed by atoms with Crippen LogP contribution in [0.3, 0.4) is 0 Å². The molecule has 2 unspecified atom stereocenters. The predicted molar refractivity (Wildman–Crippen MR) is 333 cm³/mol. The summed E-state index contributed by atoms with van der Waals surface area (Å²) in [5, 5.41) is 22.8. The van der Waals surface area contributed by atoms with E-state index in [1.165, 1.54) is 33.8 Å². The molecule has 2 saturated heterocycles. The highest BCUT2D eigenvalue weighted by atomic mass is 79.9. The van der Waals surface area contributed by atoms with Crippen LogP contribution in [-0.2, 0) is 14.3 Å². The van der Waals surface area contributed by atoms with Crippen molar-refractivity contribution in [3.8, 4) is 51.2 Å². The van der Waals surface area contributed by atoms with Crippen molar-refractivity contribution in [1.29, 1.82) is 5.26 Å². The highest BCUT2D eigenvalue weighted by Gasteiger charge is 2.38. The number of anilines is 3. The Labute approximate surface area is 495 Å². The van der Waals surface area contributed by atoms with Gasteiger partial charge in [-0.05, 0) is 91.1 Å². The molecule has 3 amide bonds. The van der Waals surface area contributed by atoms with E-state index in [4.69, 9.17) is 15.0 Å². The smallest absolute Gasteiger partial charge is 0.410 e. The van der Waals surface area contributed by atoms with Crippen molar-refractivity contribution in [3.63, 3.8) is 0 Å². The zero-order valence-corrected chi connectivity index (χ0v) is 51.5. The molecule has 14 nitrogen and oxygen atoms in total. The fourth-order valence-electron chi connectivity index (χ4n) is 8.59. The van der Waals surface area contributed by atoms with Crippen LogP contribution < -0.4 is 15.1 Å². The number of benzene rings is 4. The molecule has 2 aliphatic rings. The summed E-state index contributed by atoms with van der Waals surface area (Å²) in [6.07, 6.45) is 3.14. The number of halogens is 1. The molecule has 0 spiro atoms. The Balaban J connectivity index is 0.000000162. The van der Waals surface area contributed by atoms with E-state index in [0.717, 1.165) is 54.5 Å². The fraction of sp³-hybridized carbons (Fsp3) is 0.344. The zero-order chi connectivity index (χ0) is 57.3. The van der Waals surface area contributed by atoms with Crippen molar-refractivity contribution in [2.45, 2.75) is 98.9 Å². The third kappa shape index (κ3) is 17.3. The molecule has 10 rings (SSSR count). The summed E-state index contributed by atoms with van der Waals surface area (Å²) in [5.74, 6) is -0.290. The summed E-state index contributed by atoms with van der Waals surface area (Å²) in [5.41, 5.74) is 7.71. The number of ether oxygens (including phenoxy) is 1. The normalized spacial score (nSPS) is 14.8. The molecule has 0 saturated carbocycles. The van der Waals surface area contributed by atoms with Gasteiger partial charge < -0.3 is 19.9 Å². The molecular weight excluding hydrogens is 1140 g/mol. The van der Waals surface area contributed by atoms with Crippen LogP contribution in [0.4, 0.5) is 20.2 Å². The molecule has 80 heavy (non-hydrogen) atoms. The molecule has 2 aliphatic heterocycles. The van der Waals surface area contributed by atoms with Gasteiger partial charge in [0.2, 0.25) is 11.8 Å². The van der Waals surface area contributed by atoms with Gasteiger partial charge in [0.15, 0.2) is 25.5 Å². The van der Waals surface area contributed by atoms with E-state index < -0.39 is 5.60 Å². The van der Waals surface area contributed by atoms with Crippen molar-refractivity contribution in [2.75, 3.05) is 41.3 Å². The lowest BCUT2D eigenvalue weighted by atomic mass is 10.1. The van der Waals surface area contributed by atoms with Crippen molar-refractivity contribution in [3.05, 3.63) is 147 Å². The summed E-state index contributed by atoms with van der Waals surface area (Å²) >= 11 is 9.55. The van der Waals surface area contributed by atoms with Crippen molar-refractivity contribution >= 4 is 94.6 Å². The fourth-order valence-corrected chi connectivity index (χ4v) is 12.4. The van der Waals surface area contributed by atoms with Gasteiger partial charge in [0.25, 0.3) is 0 Å². The molecule has 0 radical (unpaired) electrons. The number of carbonyl (C=O) groups is 3. The monoisotopic (exact) mass is 1210 g/mol. The number of amides is 3. The van der Waals surface area contributed by atoms with Gasteiger partial charge in [-0.3, -0.25) is 19.4 Å². The first-order chi connectivity index (χ1) is 38.4. The molecular formula is C61H69BrN10O4S4. The number of hydrogen-bond donors (Lipinski definition) is 1. The molecule has 0 bridgehead atoms. The maximum absolute atomic E-state index is 13.3. The van der Waals surface area contributed by atoms with E-state index >= 15 is 0 Å². The first-order valence-electron chi connectivity index (χ1n) is 26.6. The Morgan fingerprint density at radius 3 is 1.39 bits per heavy atom. The van der Waals surface area contributed by atoms with Crippen LogP contribution in [0, 0.1) is 23.3 Å². The van der Waals surface area contributed by atoms with Crippen LogP contribution >= 0.6 is 61.3 Å². The Morgan fingerprint density at radius 1 is 0.600 bits per heavy atom. The van der Waals surface area contributed by atoms with Gasteiger partial charge in [0.05, 0.1) is 34.6 Å². The van der Waals surface area contributed by atoms with Crippen LogP contribution in [0.2, 0.25) is 0 Å². The van der Waals surface area contributed by atoms with Crippen LogP contribution in [0.15, 0.2) is 147 Å². The van der Waals surface area contributed by atoms with Gasteiger partial charge in [-0.2, -0.15) is 5.26 Å². The minimum Gasteiger partial charge on any atom is -0.444 e. The lowest BCUT2D eigenvalue weighted by Gasteiger charge is -2.27. The van der Waals surface area contributed by atoms with E-state index in [9.17, 15) is 14.4 Å². The zero-order valence-electron chi connectivity index (χ0n) is 46.7. The molecule has 1 N–H and O–H groups in total. The minimum absolute atomic E-state index is 0.0139. The van der Waals surface area contributed by atoms with E-state index in [2.05, 4.69) is 85.9 Å². The van der Waals surface area contributed by atoms with E-state index in [1.54, 1.807) is 42.3 Å². The number of aromatic nitrogens is 4. The van der Waals surface area contributed by atoms with Gasteiger partial charge in [0.1, 0.15) is 5.60 Å². The number of thiazole rings is 4. The molecule has 4 aromatic heterocycles. The molecule has 2 fully saturated rings. The minimum atomic E-state index is -0.544. The lowest BCUT2D eigenvalue weighted by molar-refractivity contribution is -0.123. The van der Waals surface area contributed by atoms with Crippen LogP contribution in [0.25, 0.3) is 45.0 Å². The second-order valence-electron chi connectivity index (χ2n) is 20.9. The Kier molecular flexibility index (Phi) is 22.1. The number of likely N-dealkylation sites (tertiary alicyclic amines) is 2. The van der Waals surface area contributed by atoms with Gasteiger partial charge in [-0.15, -0.1) is 45.3 Å². The van der Waals surface area contributed by atoms with Gasteiger partial charge in [0, 0.05) is 88.1 Å². The molecule has 4 aromatic carbocycles. The van der Waals surface area contributed by atoms with Crippen molar-refractivity contribution < 1.29 is 19.1 Å². The second-order valence-corrected chi connectivity index (χ2v) is 25.5. The predicted octanol–water partition coefficient (Wildman–Crippen LogP) is 15.4. The highest BCUT2D eigenvalue weighted by molar-refractivity contribution is 9.11.